The van der Waals surface area contributed by atoms with Crippen molar-refractivity contribution in [3.05, 3.63) is 54.1 Å². The van der Waals surface area contributed by atoms with Crippen LogP contribution in [-0.2, 0) is 0 Å². The predicted molar refractivity (Wildman–Crippen MR) is 87.8 cm³/mol. The summed E-state index contributed by atoms with van der Waals surface area (Å²) in [6.45, 7) is 0. The van der Waals surface area contributed by atoms with Crippen molar-refractivity contribution >= 4 is 34.6 Å². The molecule has 5 nitrogen and oxygen atoms in total. The van der Waals surface area contributed by atoms with Gasteiger partial charge in [-0.2, -0.15) is 0 Å². The van der Waals surface area contributed by atoms with Gasteiger partial charge in [-0.1, -0.05) is 0 Å². The fourth-order valence-electron chi connectivity index (χ4n) is 1.72. The standard InChI is InChI=1S/C15H15N3O2S/c1-20-13-8-6-11(7-9-13)17-14(19)10-2-4-12(5-3-10)18-15(16)21/h2-9H,1H3,(H,17,19)(H3,16,18,21). The molecule has 1 amide bonds. The number of anilines is 2. The highest BCUT2D eigenvalue weighted by molar-refractivity contribution is 7.80. The number of carbonyl (C=O) groups excluding carboxylic acids is 1. The molecule has 0 atom stereocenters. The maximum absolute atomic E-state index is 12.1. The smallest absolute Gasteiger partial charge is 0.255 e. The molecule has 4 N–H and O–H groups in total. The Morgan fingerprint density at radius 3 is 2.05 bits per heavy atom. The van der Waals surface area contributed by atoms with Gasteiger partial charge in [0.05, 0.1) is 7.11 Å². The third-order valence-corrected chi connectivity index (χ3v) is 2.86. The zero-order chi connectivity index (χ0) is 15.2. The molecule has 0 bridgehead atoms. The SMILES string of the molecule is COc1ccc(NC(=O)c2ccc(NC(N)=S)cc2)cc1. The number of thiocarbonyl (C=S) groups is 1. The lowest BCUT2D eigenvalue weighted by atomic mass is 10.2. The van der Waals surface area contributed by atoms with Gasteiger partial charge in [0.1, 0.15) is 5.75 Å². The Balaban J connectivity index is 2.03. The molecule has 0 aliphatic carbocycles. The summed E-state index contributed by atoms with van der Waals surface area (Å²) in [4.78, 5) is 12.1. The second-order valence-electron chi connectivity index (χ2n) is 4.25. The summed E-state index contributed by atoms with van der Waals surface area (Å²) < 4.78 is 5.06. The lowest BCUT2D eigenvalue weighted by molar-refractivity contribution is 0.102. The Bertz CT molecular complexity index is 639. The molecule has 2 rings (SSSR count). The third-order valence-electron chi connectivity index (χ3n) is 2.76. The van der Waals surface area contributed by atoms with Gasteiger partial charge in [0.2, 0.25) is 0 Å². The fraction of sp³-hybridized carbons (Fsp3) is 0.0667. The van der Waals surface area contributed by atoms with E-state index in [4.69, 9.17) is 22.7 Å². The molecule has 2 aromatic carbocycles. The Kier molecular flexibility index (Phi) is 4.73. The number of benzene rings is 2. The van der Waals surface area contributed by atoms with Gasteiger partial charge in [0.25, 0.3) is 5.91 Å². The van der Waals surface area contributed by atoms with E-state index < -0.39 is 0 Å². The van der Waals surface area contributed by atoms with Gasteiger partial charge in [-0.15, -0.1) is 0 Å². The molecule has 0 radical (unpaired) electrons. The number of rotatable bonds is 4. The van der Waals surface area contributed by atoms with Crippen LogP contribution >= 0.6 is 12.2 Å². The topological polar surface area (TPSA) is 76.4 Å². The summed E-state index contributed by atoms with van der Waals surface area (Å²) in [5, 5.41) is 5.79. The van der Waals surface area contributed by atoms with E-state index in [1.807, 2.05) is 0 Å². The average Bonchev–Trinajstić information content (AvgIpc) is 2.48. The Morgan fingerprint density at radius 2 is 1.52 bits per heavy atom. The van der Waals surface area contributed by atoms with Crippen LogP contribution in [-0.4, -0.2) is 18.1 Å². The van der Waals surface area contributed by atoms with E-state index in [1.165, 1.54) is 0 Å². The number of methoxy groups -OCH3 is 1. The average molecular weight is 301 g/mol. The summed E-state index contributed by atoms with van der Waals surface area (Å²) in [6.07, 6.45) is 0. The van der Waals surface area contributed by atoms with Crippen LogP contribution < -0.4 is 21.1 Å². The van der Waals surface area contributed by atoms with Crippen molar-refractivity contribution in [2.75, 3.05) is 17.7 Å². The van der Waals surface area contributed by atoms with E-state index >= 15 is 0 Å². The fourth-order valence-corrected chi connectivity index (χ4v) is 1.84. The minimum atomic E-state index is -0.193. The van der Waals surface area contributed by atoms with Crippen LogP contribution in [0.15, 0.2) is 48.5 Å². The van der Waals surface area contributed by atoms with E-state index in [-0.39, 0.29) is 11.0 Å². The van der Waals surface area contributed by atoms with Crippen LogP contribution in [0.1, 0.15) is 10.4 Å². The lowest BCUT2D eigenvalue weighted by Crippen LogP contribution is -2.19. The first-order valence-corrected chi connectivity index (χ1v) is 6.61. The molecular formula is C15H15N3O2S. The van der Waals surface area contributed by atoms with E-state index in [0.717, 1.165) is 11.4 Å². The van der Waals surface area contributed by atoms with Crippen LogP contribution in [0.5, 0.6) is 5.75 Å². The van der Waals surface area contributed by atoms with Crippen molar-refractivity contribution in [1.82, 2.24) is 0 Å². The molecule has 0 aliphatic heterocycles. The molecule has 108 valence electrons. The van der Waals surface area contributed by atoms with Gasteiger partial charge >= 0.3 is 0 Å². The molecule has 0 aromatic heterocycles. The first-order chi connectivity index (χ1) is 10.1. The highest BCUT2D eigenvalue weighted by Crippen LogP contribution is 2.16. The van der Waals surface area contributed by atoms with Gasteiger partial charge in [0.15, 0.2) is 5.11 Å². The van der Waals surface area contributed by atoms with E-state index in [1.54, 1.807) is 55.6 Å². The van der Waals surface area contributed by atoms with Crippen molar-refractivity contribution in [1.29, 1.82) is 0 Å². The highest BCUT2D eigenvalue weighted by Gasteiger charge is 2.06. The van der Waals surface area contributed by atoms with Gasteiger partial charge < -0.3 is 21.1 Å². The van der Waals surface area contributed by atoms with Crippen molar-refractivity contribution < 1.29 is 9.53 Å². The van der Waals surface area contributed by atoms with E-state index in [2.05, 4.69) is 10.6 Å². The van der Waals surface area contributed by atoms with Crippen molar-refractivity contribution in [3.8, 4) is 5.75 Å². The third kappa shape index (κ3) is 4.19. The molecule has 0 unspecified atom stereocenters. The lowest BCUT2D eigenvalue weighted by Gasteiger charge is -2.08. The molecule has 0 saturated heterocycles. The van der Waals surface area contributed by atoms with Gasteiger partial charge in [-0.25, -0.2) is 0 Å². The molecule has 0 aliphatic rings. The largest absolute Gasteiger partial charge is 0.497 e. The maximum atomic E-state index is 12.1. The number of hydrogen-bond donors (Lipinski definition) is 3. The highest BCUT2D eigenvalue weighted by atomic mass is 32.1. The molecule has 0 fully saturated rings. The predicted octanol–water partition coefficient (Wildman–Crippen LogP) is 2.60. The first-order valence-electron chi connectivity index (χ1n) is 6.20. The van der Waals surface area contributed by atoms with Gasteiger partial charge in [-0.3, -0.25) is 4.79 Å². The van der Waals surface area contributed by atoms with E-state index in [0.29, 0.717) is 11.3 Å². The quantitative estimate of drug-likeness (QED) is 0.757. The Morgan fingerprint density at radius 1 is 1.00 bits per heavy atom. The summed E-state index contributed by atoms with van der Waals surface area (Å²) in [6, 6.07) is 14.0. The summed E-state index contributed by atoms with van der Waals surface area (Å²) in [5.41, 5.74) is 7.36. The number of ether oxygens (including phenoxy) is 1. The molecule has 21 heavy (non-hydrogen) atoms. The number of nitrogens with one attached hydrogen (secondary N) is 2. The van der Waals surface area contributed by atoms with Crippen LogP contribution in [0.3, 0.4) is 0 Å². The molecule has 0 saturated carbocycles. The van der Waals surface area contributed by atoms with Crippen LogP contribution in [0, 0.1) is 0 Å². The number of hydrogen-bond acceptors (Lipinski definition) is 3. The second-order valence-corrected chi connectivity index (χ2v) is 4.69. The van der Waals surface area contributed by atoms with Gasteiger partial charge in [-0.05, 0) is 60.7 Å². The summed E-state index contributed by atoms with van der Waals surface area (Å²) in [7, 11) is 1.59. The Labute approximate surface area is 128 Å². The minimum absolute atomic E-state index is 0.186. The monoisotopic (exact) mass is 301 g/mol. The molecular weight excluding hydrogens is 286 g/mol. The van der Waals surface area contributed by atoms with Crippen molar-refractivity contribution in [2.24, 2.45) is 5.73 Å². The zero-order valence-corrected chi connectivity index (χ0v) is 12.2. The number of amides is 1. The second kappa shape index (κ2) is 6.71. The number of carbonyl (C=O) groups is 1. The summed E-state index contributed by atoms with van der Waals surface area (Å²) in [5.74, 6) is 0.545. The van der Waals surface area contributed by atoms with Crippen LogP contribution in [0.25, 0.3) is 0 Å². The van der Waals surface area contributed by atoms with Crippen LogP contribution in [0.4, 0.5) is 11.4 Å². The van der Waals surface area contributed by atoms with Crippen LogP contribution in [0.2, 0.25) is 0 Å². The minimum Gasteiger partial charge on any atom is -0.497 e. The molecule has 0 spiro atoms. The van der Waals surface area contributed by atoms with Crippen molar-refractivity contribution in [3.63, 3.8) is 0 Å². The molecule has 0 heterocycles. The zero-order valence-electron chi connectivity index (χ0n) is 11.4. The normalized spacial score (nSPS) is 9.76. The maximum Gasteiger partial charge on any atom is 0.255 e. The molecule has 2 aromatic rings. The van der Waals surface area contributed by atoms with Gasteiger partial charge in [0, 0.05) is 16.9 Å². The molecule has 6 heteroatoms. The number of nitrogens with two attached hydrogens (primary N) is 1. The Hall–Kier alpha value is -2.60. The van der Waals surface area contributed by atoms with E-state index in [9.17, 15) is 4.79 Å². The van der Waals surface area contributed by atoms with Crippen molar-refractivity contribution in [2.45, 2.75) is 0 Å². The first kappa shape index (κ1) is 14.8. The summed E-state index contributed by atoms with van der Waals surface area (Å²) >= 11 is 4.75.